The normalized spacial score (nSPS) is 11.3. The van der Waals surface area contributed by atoms with Crippen molar-refractivity contribution in [2.75, 3.05) is 23.9 Å². The smallest absolute Gasteiger partial charge is 0.176 e. The van der Waals surface area contributed by atoms with E-state index in [-0.39, 0.29) is 16.3 Å². The van der Waals surface area contributed by atoms with E-state index in [0.29, 0.717) is 51.8 Å². The van der Waals surface area contributed by atoms with Crippen LogP contribution in [-0.4, -0.2) is 41.2 Å². The lowest BCUT2D eigenvalue weighted by atomic mass is 10.1. The first-order valence-electron chi connectivity index (χ1n) is 9.78. The third-order valence-electron chi connectivity index (χ3n) is 4.90. The molecule has 0 amide bonds. The molecule has 0 aliphatic heterocycles. The Hall–Kier alpha value is -3.81. The fraction of sp³-hybridized carbons (Fsp3) is 0.136. The average Bonchev–Trinajstić information content (AvgIpc) is 2.78. The van der Waals surface area contributed by atoms with Gasteiger partial charge in [-0.2, -0.15) is 5.26 Å². The van der Waals surface area contributed by atoms with E-state index in [0.717, 1.165) is 6.26 Å². The molecule has 33 heavy (non-hydrogen) atoms. The Bertz CT molecular complexity index is 1520. The Balaban J connectivity index is 1.79. The van der Waals surface area contributed by atoms with Crippen molar-refractivity contribution < 1.29 is 8.42 Å². The summed E-state index contributed by atoms with van der Waals surface area (Å²) in [6, 6.07) is 13.9. The van der Waals surface area contributed by atoms with Crippen LogP contribution in [0.2, 0.25) is 5.02 Å². The number of nitrogens with one attached hydrogen (secondary N) is 1. The largest absolute Gasteiger partial charge is 0.382 e. The number of benzene rings is 2. The van der Waals surface area contributed by atoms with Crippen LogP contribution in [0.15, 0.2) is 53.7 Å². The predicted molar refractivity (Wildman–Crippen MR) is 126 cm³/mol. The van der Waals surface area contributed by atoms with E-state index in [9.17, 15) is 13.7 Å². The number of rotatable bonds is 6. The molecule has 2 heterocycles. The lowest BCUT2D eigenvalue weighted by Crippen LogP contribution is -2.12. The second-order valence-electron chi connectivity index (χ2n) is 7.17. The number of nitrogens with zero attached hydrogens (tertiary/aromatic N) is 5. The van der Waals surface area contributed by atoms with Crippen molar-refractivity contribution in [2.24, 2.45) is 0 Å². The monoisotopic (exact) mass is 479 g/mol. The molecule has 11 heteroatoms. The first kappa shape index (κ1) is 22.4. The third-order valence-corrected chi connectivity index (χ3v) is 6.36. The molecule has 9 nitrogen and oxygen atoms in total. The lowest BCUT2D eigenvalue weighted by molar-refractivity contribution is 0.602. The summed E-state index contributed by atoms with van der Waals surface area (Å²) in [7, 11) is -3.52. The van der Waals surface area contributed by atoms with Crippen LogP contribution in [0.4, 0.5) is 11.6 Å². The maximum atomic E-state index is 12.4. The zero-order valence-electron chi connectivity index (χ0n) is 17.4. The number of nitrogen functional groups attached to an aromatic ring is 1. The van der Waals surface area contributed by atoms with Crippen molar-refractivity contribution in [1.82, 2.24) is 19.9 Å². The molecule has 0 unspecified atom stereocenters. The summed E-state index contributed by atoms with van der Waals surface area (Å²) in [5.41, 5.74) is 8.37. The highest BCUT2D eigenvalue weighted by Gasteiger charge is 2.20. The van der Waals surface area contributed by atoms with Crippen LogP contribution in [0.3, 0.4) is 0 Å². The number of fused-ring (bicyclic) bond motifs is 1. The SMILES string of the molecule is CS(=O)(=O)c1ccccc1-c1nc2c(Cl)cccc2nc1CCNc1ncnc(N)c1C#N. The van der Waals surface area contributed by atoms with Crippen LogP contribution in [0, 0.1) is 11.3 Å². The Morgan fingerprint density at radius 3 is 2.67 bits per heavy atom. The number of sulfone groups is 1. The van der Waals surface area contributed by atoms with E-state index in [1.54, 1.807) is 36.4 Å². The van der Waals surface area contributed by atoms with Crippen molar-refractivity contribution in [1.29, 1.82) is 5.26 Å². The first-order chi connectivity index (χ1) is 15.8. The van der Waals surface area contributed by atoms with Crippen LogP contribution in [0.1, 0.15) is 11.3 Å². The van der Waals surface area contributed by atoms with Gasteiger partial charge in [-0.15, -0.1) is 0 Å². The molecule has 4 aromatic rings. The molecule has 0 radical (unpaired) electrons. The molecule has 3 N–H and O–H groups in total. The van der Waals surface area contributed by atoms with Gasteiger partial charge >= 0.3 is 0 Å². The molecule has 0 bridgehead atoms. The minimum atomic E-state index is -3.52. The molecular formula is C22H18ClN7O2S. The summed E-state index contributed by atoms with van der Waals surface area (Å²) in [6.07, 6.45) is 2.78. The van der Waals surface area contributed by atoms with Gasteiger partial charge in [0.15, 0.2) is 9.84 Å². The van der Waals surface area contributed by atoms with E-state index in [1.165, 1.54) is 12.4 Å². The molecule has 0 atom stereocenters. The van der Waals surface area contributed by atoms with Gasteiger partial charge in [0.2, 0.25) is 0 Å². The Morgan fingerprint density at radius 2 is 1.91 bits per heavy atom. The second-order valence-corrected chi connectivity index (χ2v) is 9.56. The van der Waals surface area contributed by atoms with Gasteiger partial charge in [-0.05, 0) is 18.2 Å². The number of hydrogen-bond acceptors (Lipinski definition) is 9. The van der Waals surface area contributed by atoms with Gasteiger partial charge in [-0.25, -0.2) is 28.4 Å². The van der Waals surface area contributed by atoms with Gasteiger partial charge in [-0.3, -0.25) is 0 Å². The minimum Gasteiger partial charge on any atom is -0.382 e. The molecule has 4 rings (SSSR count). The van der Waals surface area contributed by atoms with Gasteiger partial charge in [0.05, 0.1) is 26.8 Å². The van der Waals surface area contributed by atoms with Crippen molar-refractivity contribution in [3.63, 3.8) is 0 Å². The molecular weight excluding hydrogens is 462 g/mol. The average molecular weight is 480 g/mol. The van der Waals surface area contributed by atoms with Crippen molar-refractivity contribution >= 4 is 44.1 Å². The Kier molecular flexibility index (Phi) is 6.09. The van der Waals surface area contributed by atoms with E-state index < -0.39 is 9.84 Å². The molecule has 0 spiro atoms. The molecule has 0 aliphatic carbocycles. The van der Waals surface area contributed by atoms with Gasteiger partial charge in [0.25, 0.3) is 0 Å². The standard InChI is InChI=1S/C22H18ClN7O2S/c1-33(31,32)18-8-3-2-5-13(18)19-17(29-16-7-4-6-15(23)20(16)30-19)9-10-26-22-14(11-24)21(25)27-12-28-22/h2-8,12H,9-10H2,1H3,(H3,25,26,27,28). The van der Waals surface area contributed by atoms with Crippen molar-refractivity contribution in [3.05, 3.63) is 65.1 Å². The molecule has 2 aromatic carbocycles. The number of anilines is 2. The second kappa shape index (κ2) is 8.97. The van der Waals surface area contributed by atoms with Crippen molar-refractivity contribution in [2.45, 2.75) is 11.3 Å². The number of nitriles is 1. The number of nitrogens with two attached hydrogens (primary N) is 1. The Labute approximate surface area is 195 Å². The molecule has 2 aromatic heterocycles. The summed E-state index contributed by atoms with van der Waals surface area (Å²) in [5, 5.41) is 12.8. The van der Waals surface area contributed by atoms with Gasteiger partial charge in [0.1, 0.15) is 35.1 Å². The highest BCUT2D eigenvalue weighted by atomic mass is 35.5. The van der Waals surface area contributed by atoms with Crippen molar-refractivity contribution in [3.8, 4) is 17.3 Å². The van der Waals surface area contributed by atoms with E-state index in [2.05, 4.69) is 15.3 Å². The number of aromatic nitrogens is 4. The fourth-order valence-corrected chi connectivity index (χ4v) is 4.50. The lowest BCUT2D eigenvalue weighted by Gasteiger charge is -2.14. The first-order valence-corrected chi connectivity index (χ1v) is 12.1. The van der Waals surface area contributed by atoms with Gasteiger partial charge in [0, 0.05) is 24.8 Å². The van der Waals surface area contributed by atoms with Crippen LogP contribution in [0.25, 0.3) is 22.3 Å². The maximum Gasteiger partial charge on any atom is 0.176 e. The van der Waals surface area contributed by atoms with E-state index >= 15 is 0 Å². The number of halogens is 1. The van der Waals surface area contributed by atoms with Crippen LogP contribution in [0.5, 0.6) is 0 Å². The third kappa shape index (κ3) is 4.55. The van der Waals surface area contributed by atoms with E-state index in [4.69, 9.17) is 27.3 Å². The highest BCUT2D eigenvalue weighted by Crippen LogP contribution is 2.31. The van der Waals surface area contributed by atoms with Crippen LogP contribution < -0.4 is 11.1 Å². The predicted octanol–water partition coefficient (Wildman–Crippen LogP) is 3.25. The minimum absolute atomic E-state index is 0.0814. The molecule has 166 valence electrons. The topological polar surface area (TPSA) is 148 Å². The summed E-state index contributed by atoms with van der Waals surface area (Å²) in [4.78, 5) is 17.5. The number of para-hydroxylation sites is 1. The highest BCUT2D eigenvalue weighted by molar-refractivity contribution is 7.90. The summed E-state index contributed by atoms with van der Waals surface area (Å²) >= 11 is 6.34. The summed E-state index contributed by atoms with van der Waals surface area (Å²) in [5.74, 6) is 0.387. The molecule has 0 saturated carbocycles. The molecule has 0 aliphatic rings. The maximum absolute atomic E-state index is 12.4. The zero-order chi connectivity index (χ0) is 23.6. The zero-order valence-corrected chi connectivity index (χ0v) is 19.0. The van der Waals surface area contributed by atoms with E-state index in [1.807, 2.05) is 6.07 Å². The van der Waals surface area contributed by atoms with Gasteiger partial charge < -0.3 is 11.1 Å². The van der Waals surface area contributed by atoms with Gasteiger partial charge in [-0.1, -0.05) is 35.9 Å². The quantitative estimate of drug-likeness (QED) is 0.425. The fourth-order valence-electron chi connectivity index (χ4n) is 3.40. The van der Waals surface area contributed by atoms with Crippen LogP contribution >= 0.6 is 11.6 Å². The summed E-state index contributed by atoms with van der Waals surface area (Å²) < 4.78 is 24.9. The van der Waals surface area contributed by atoms with Crippen LogP contribution in [-0.2, 0) is 16.3 Å². The number of hydrogen-bond donors (Lipinski definition) is 2. The summed E-state index contributed by atoms with van der Waals surface area (Å²) in [6.45, 7) is 0.333. The molecule has 0 saturated heterocycles. The molecule has 0 fully saturated rings. The Morgan fingerprint density at radius 1 is 1.12 bits per heavy atom.